The molecule has 0 atom stereocenters. The average molecular weight is 312 g/mol. The Morgan fingerprint density at radius 3 is 3.00 bits per heavy atom. The molecule has 0 fully saturated rings. The van der Waals surface area contributed by atoms with Crippen LogP contribution in [0.25, 0.3) is 0 Å². The maximum Gasteiger partial charge on any atom is 0.231 e. The molecule has 1 aromatic carbocycles. The molecule has 0 aliphatic carbocycles. The summed E-state index contributed by atoms with van der Waals surface area (Å²) in [4.78, 5) is 13.5. The van der Waals surface area contributed by atoms with Crippen LogP contribution in [0, 0.1) is 0 Å². The molecule has 120 valence electrons. The van der Waals surface area contributed by atoms with Crippen LogP contribution in [0.15, 0.2) is 24.5 Å². The first kappa shape index (κ1) is 14.3. The molecule has 0 N–H and O–H groups in total. The summed E-state index contributed by atoms with van der Waals surface area (Å²) >= 11 is 0. The first-order chi connectivity index (χ1) is 11.2. The second-order valence-electron chi connectivity index (χ2n) is 6.15. The molecule has 6 nitrogen and oxygen atoms in total. The summed E-state index contributed by atoms with van der Waals surface area (Å²) in [6.45, 7) is 3.02. The maximum atomic E-state index is 5.46. The standard InChI is InChI=1S/C17H20N4O2/c1-20-6-5-14-13(9-20)17(19-10-18-14)21(2)8-12-3-4-15-16(7-12)23-11-22-15/h3-4,7,10H,5-6,8-9,11H2,1-2H3. The molecule has 3 heterocycles. The van der Waals surface area contributed by atoms with Gasteiger partial charge in [0.15, 0.2) is 11.5 Å². The molecule has 0 bridgehead atoms. The number of nitrogens with zero attached hydrogens (tertiary/aromatic N) is 4. The van der Waals surface area contributed by atoms with E-state index < -0.39 is 0 Å². The van der Waals surface area contributed by atoms with E-state index in [9.17, 15) is 0 Å². The van der Waals surface area contributed by atoms with Gasteiger partial charge >= 0.3 is 0 Å². The van der Waals surface area contributed by atoms with E-state index in [0.29, 0.717) is 6.79 Å². The van der Waals surface area contributed by atoms with Crippen LogP contribution in [-0.2, 0) is 19.5 Å². The van der Waals surface area contributed by atoms with E-state index in [-0.39, 0.29) is 0 Å². The van der Waals surface area contributed by atoms with E-state index >= 15 is 0 Å². The minimum absolute atomic E-state index is 0.306. The molecule has 23 heavy (non-hydrogen) atoms. The molecule has 2 aliphatic rings. The van der Waals surface area contributed by atoms with Crippen molar-refractivity contribution < 1.29 is 9.47 Å². The van der Waals surface area contributed by atoms with Crippen molar-refractivity contribution in [2.75, 3.05) is 32.3 Å². The number of hydrogen-bond donors (Lipinski definition) is 0. The van der Waals surface area contributed by atoms with Crippen molar-refractivity contribution in [1.82, 2.24) is 14.9 Å². The third-order valence-corrected chi connectivity index (χ3v) is 4.39. The van der Waals surface area contributed by atoms with Crippen molar-refractivity contribution in [3.8, 4) is 11.5 Å². The summed E-state index contributed by atoms with van der Waals surface area (Å²) in [7, 11) is 4.21. The highest BCUT2D eigenvalue weighted by atomic mass is 16.7. The van der Waals surface area contributed by atoms with Crippen LogP contribution in [0.4, 0.5) is 5.82 Å². The third-order valence-electron chi connectivity index (χ3n) is 4.39. The SMILES string of the molecule is CN1CCc2ncnc(N(C)Cc3ccc4c(c3)OCO4)c2C1. The van der Waals surface area contributed by atoms with Gasteiger partial charge in [-0.25, -0.2) is 9.97 Å². The largest absolute Gasteiger partial charge is 0.454 e. The van der Waals surface area contributed by atoms with Gasteiger partial charge in [0.05, 0.1) is 5.69 Å². The summed E-state index contributed by atoms with van der Waals surface area (Å²) in [6, 6.07) is 6.08. The van der Waals surface area contributed by atoms with Gasteiger partial charge in [0.25, 0.3) is 0 Å². The van der Waals surface area contributed by atoms with Gasteiger partial charge in [0.1, 0.15) is 12.1 Å². The van der Waals surface area contributed by atoms with E-state index in [1.54, 1.807) is 6.33 Å². The van der Waals surface area contributed by atoms with Gasteiger partial charge in [-0.2, -0.15) is 0 Å². The highest BCUT2D eigenvalue weighted by Gasteiger charge is 2.21. The topological polar surface area (TPSA) is 50.7 Å². The van der Waals surface area contributed by atoms with Gasteiger partial charge < -0.3 is 19.3 Å². The predicted molar refractivity (Wildman–Crippen MR) is 86.7 cm³/mol. The Morgan fingerprint density at radius 1 is 1.22 bits per heavy atom. The monoisotopic (exact) mass is 312 g/mol. The predicted octanol–water partition coefficient (Wildman–Crippen LogP) is 1.83. The Hall–Kier alpha value is -2.34. The van der Waals surface area contributed by atoms with Crippen LogP contribution in [0.1, 0.15) is 16.8 Å². The first-order valence-corrected chi connectivity index (χ1v) is 7.81. The smallest absolute Gasteiger partial charge is 0.231 e. The lowest BCUT2D eigenvalue weighted by atomic mass is 10.1. The lowest BCUT2D eigenvalue weighted by molar-refractivity contribution is 0.174. The fourth-order valence-corrected chi connectivity index (χ4v) is 3.18. The molecule has 6 heteroatoms. The number of benzene rings is 1. The van der Waals surface area contributed by atoms with E-state index in [4.69, 9.17) is 9.47 Å². The van der Waals surface area contributed by atoms with Crippen LogP contribution in [0.5, 0.6) is 11.5 Å². The summed E-state index contributed by atoms with van der Waals surface area (Å²) in [5.41, 5.74) is 3.59. The van der Waals surface area contributed by atoms with Crippen molar-refractivity contribution >= 4 is 5.82 Å². The zero-order valence-electron chi connectivity index (χ0n) is 13.5. The molecule has 0 unspecified atom stereocenters. The number of ether oxygens (including phenoxy) is 2. The maximum absolute atomic E-state index is 5.46. The Kier molecular flexibility index (Phi) is 3.53. The summed E-state index contributed by atoms with van der Waals surface area (Å²) < 4.78 is 10.8. The van der Waals surface area contributed by atoms with Crippen molar-refractivity contribution in [3.63, 3.8) is 0 Å². The van der Waals surface area contributed by atoms with Gasteiger partial charge in [-0.1, -0.05) is 6.07 Å². The molecule has 1 aromatic heterocycles. The van der Waals surface area contributed by atoms with Crippen LogP contribution < -0.4 is 14.4 Å². The highest BCUT2D eigenvalue weighted by molar-refractivity contribution is 5.51. The number of hydrogen-bond acceptors (Lipinski definition) is 6. The van der Waals surface area contributed by atoms with Crippen molar-refractivity contribution in [1.29, 1.82) is 0 Å². The quantitative estimate of drug-likeness (QED) is 0.862. The van der Waals surface area contributed by atoms with Crippen molar-refractivity contribution in [2.24, 2.45) is 0 Å². The fourth-order valence-electron chi connectivity index (χ4n) is 3.18. The van der Waals surface area contributed by atoms with E-state index in [1.807, 2.05) is 12.1 Å². The van der Waals surface area contributed by atoms with Crippen molar-refractivity contribution in [3.05, 3.63) is 41.3 Å². The Bertz CT molecular complexity index is 735. The molecule has 0 amide bonds. The van der Waals surface area contributed by atoms with Gasteiger partial charge in [0, 0.05) is 38.7 Å². The van der Waals surface area contributed by atoms with Crippen molar-refractivity contribution in [2.45, 2.75) is 19.5 Å². The number of likely N-dealkylation sites (N-methyl/N-ethyl adjacent to an activating group) is 1. The number of aromatic nitrogens is 2. The van der Waals surface area contributed by atoms with Gasteiger partial charge in [-0.3, -0.25) is 0 Å². The lowest BCUT2D eigenvalue weighted by Gasteiger charge is -2.28. The zero-order valence-corrected chi connectivity index (χ0v) is 13.5. The zero-order chi connectivity index (χ0) is 15.8. The molecule has 0 radical (unpaired) electrons. The minimum Gasteiger partial charge on any atom is -0.454 e. The molecular formula is C17H20N4O2. The lowest BCUT2D eigenvalue weighted by Crippen LogP contribution is -2.30. The van der Waals surface area contributed by atoms with E-state index in [1.165, 1.54) is 16.8 Å². The molecule has 4 rings (SSSR count). The summed E-state index contributed by atoms with van der Waals surface area (Å²) in [6.07, 6.45) is 2.66. The third kappa shape index (κ3) is 2.70. The molecule has 0 saturated carbocycles. The van der Waals surface area contributed by atoms with Crippen LogP contribution in [0.2, 0.25) is 0 Å². The van der Waals surface area contributed by atoms with Crippen LogP contribution in [-0.4, -0.2) is 42.3 Å². The number of fused-ring (bicyclic) bond motifs is 2. The second-order valence-corrected chi connectivity index (χ2v) is 6.15. The van der Waals surface area contributed by atoms with E-state index in [2.05, 4.69) is 39.9 Å². The number of rotatable bonds is 3. The Balaban J connectivity index is 1.59. The fraction of sp³-hybridized carbons (Fsp3) is 0.412. The first-order valence-electron chi connectivity index (χ1n) is 7.81. The van der Waals surface area contributed by atoms with Gasteiger partial charge in [0.2, 0.25) is 6.79 Å². The molecule has 2 aromatic rings. The van der Waals surface area contributed by atoms with E-state index in [0.717, 1.165) is 43.4 Å². The average Bonchev–Trinajstić information content (AvgIpc) is 3.01. The van der Waals surface area contributed by atoms with Crippen LogP contribution >= 0.6 is 0 Å². The Morgan fingerprint density at radius 2 is 2.09 bits per heavy atom. The van der Waals surface area contributed by atoms with Gasteiger partial charge in [-0.15, -0.1) is 0 Å². The molecule has 0 saturated heterocycles. The Labute approximate surface area is 135 Å². The van der Waals surface area contributed by atoms with Gasteiger partial charge in [-0.05, 0) is 24.7 Å². The number of anilines is 1. The highest BCUT2D eigenvalue weighted by Crippen LogP contribution is 2.33. The molecule has 2 aliphatic heterocycles. The summed E-state index contributed by atoms with van der Waals surface area (Å²) in [5, 5.41) is 0. The molecule has 0 spiro atoms. The summed E-state index contributed by atoms with van der Waals surface area (Å²) in [5.74, 6) is 2.65. The normalized spacial score (nSPS) is 16.3. The van der Waals surface area contributed by atoms with Crippen LogP contribution in [0.3, 0.4) is 0 Å². The minimum atomic E-state index is 0.306. The second kappa shape index (κ2) is 5.70. The molecular weight excluding hydrogens is 292 g/mol.